The monoisotopic (exact) mass is 296 g/mol. The minimum absolute atomic E-state index is 0.577. The number of carbonyl (C=O) groups excluding carboxylic acids is 1. The van der Waals surface area contributed by atoms with Gasteiger partial charge in [-0.2, -0.15) is 0 Å². The van der Waals surface area contributed by atoms with Crippen molar-refractivity contribution in [2.45, 2.75) is 51.5 Å². The molecule has 0 N–H and O–H groups in total. The summed E-state index contributed by atoms with van der Waals surface area (Å²) in [6.07, 6.45) is 9.46. The Hall–Kier alpha value is -1.15. The number of quaternary nitrogens is 1. The molecule has 4 saturated carbocycles. The molecule has 1 unspecified atom stereocenters. The number of carbonyl (C=O) groups is 1. The van der Waals surface area contributed by atoms with Crippen LogP contribution in [0.3, 0.4) is 0 Å². The van der Waals surface area contributed by atoms with Gasteiger partial charge < -0.3 is 0 Å². The molecule has 4 aliphatic carbocycles. The van der Waals surface area contributed by atoms with Crippen LogP contribution in [0.4, 0.5) is 5.69 Å². The van der Waals surface area contributed by atoms with Gasteiger partial charge in [0.25, 0.3) is 0 Å². The van der Waals surface area contributed by atoms with Crippen molar-refractivity contribution in [3.05, 3.63) is 29.3 Å². The molecule has 1 amide bonds. The van der Waals surface area contributed by atoms with E-state index < -0.39 is 0 Å². The van der Waals surface area contributed by atoms with Crippen molar-refractivity contribution in [3.63, 3.8) is 0 Å². The van der Waals surface area contributed by atoms with Crippen LogP contribution < -0.4 is 4.48 Å². The van der Waals surface area contributed by atoms with Crippen molar-refractivity contribution in [1.82, 2.24) is 4.48 Å². The second-order valence-electron chi connectivity index (χ2n) is 8.56. The highest BCUT2D eigenvalue weighted by molar-refractivity contribution is 5.75. The molecule has 22 heavy (non-hydrogen) atoms. The molecule has 4 bridgehead atoms. The summed E-state index contributed by atoms with van der Waals surface area (Å²) in [5, 5.41) is 0. The molecule has 4 fully saturated rings. The van der Waals surface area contributed by atoms with E-state index in [0.29, 0.717) is 10.5 Å². The van der Waals surface area contributed by atoms with Gasteiger partial charge in [-0.3, -0.25) is 0 Å². The Bertz CT molecular complexity index is 609. The van der Waals surface area contributed by atoms with Gasteiger partial charge in [-0.25, -0.2) is 9.28 Å². The molecule has 116 valence electrons. The fraction of sp³-hybridized carbons (Fsp3) is 0.650. The van der Waals surface area contributed by atoms with Gasteiger partial charge in [-0.1, -0.05) is 12.1 Å². The highest BCUT2D eigenvalue weighted by atomic mass is 16.1. The molecular weight excluding hydrogens is 270 g/mol. The number of hydrogen-bond donors (Lipinski definition) is 0. The van der Waals surface area contributed by atoms with E-state index in [1.54, 1.807) is 0 Å². The summed E-state index contributed by atoms with van der Waals surface area (Å²) in [7, 11) is 0. The molecule has 1 heterocycles. The van der Waals surface area contributed by atoms with Crippen LogP contribution in [-0.4, -0.2) is 19.0 Å². The van der Waals surface area contributed by atoms with Crippen molar-refractivity contribution in [1.29, 1.82) is 0 Å². The number of benzene rings is 1. The molecule has 6 rings (SSSR count). The predicted octanol–water partition coefficient (Wildman–Crippen LogP) is 3.84. The van der Waals surface area contributed by atoms with Crippen LogP contribution in [0.2, 0.25) is 0 Å². The number of aryl methyl sites for hydroxylation is 1. The maximum absolute atomic E-state index is 12.4. The topological polar surface area (TPSA) is 17.1 Å². The maximum atomic E-state index is 12.4. The highest BCUT2D eigenvalue weighted by Gasteiger charge is 2.59. The molecule has 0 radical (unpaired) electrons. The van der Waals surface area contributed by atoms with E-state index in [0.717, 1.165) is 36.6 Å². The smallest absolute Gasteiger partial charge is 0.233 e. The molecule has 1 aromatic rings. The number of hydrogen-bond acceptors (Lipinski definition) is 1. The van der Waals surface area contributed by atoms with Gasteiger partial charge in [0, 0.05) is 29.9 Å². The third-order valence-corrected chi connectivity index (χ3v) is 7.34. The summed E-state index contributed by atoms with van der Waals surface area (Å²) < 4.78 is 0.659. The van der Waals surface area contributed by atoms with Gasteiger partial charge in [0.2, 0.25) is 0 Å². The summed E-state index contributed by atoms with van der Waals surface area (Å²) in [4.78, 5) is 12.4. The summed E-state index contributed by atoms with van der Waals surface area (Å²) in [6, 6.07) is 7.36. The van der Waals surface area contributed by atoms with E-state index in [-0.39, 0.29) is 0 Å². The molecule has 2 nitrogen and oxygen atoms in total. The average Bonchev–Trinajstić information content (AvgIpc) is 2.85. The summed E-state index contributed by atoms with van der Waals surface area (Å²) >= 11 is 0. The lowest BCUT2D eigenvalue weighted by molar-refractivity contribution is -0.128. The third-order valence-electron chi connectivity index (χ3n) is 7.34. The summed E-state index contributed by atoms with van der Waals surface area (Å²) in [5.74, 6) is 3.55. The van der Waals surface area contributed by atoms with Gasteiger partial charge >= 0.3 is 6.41 Å². The van der Waals surface area contributed by atoms with Crippen molar-refractivity contribution in [2.24, 2.45) is 23.7 Å². The van der Waals surface area contributed by atoms with Crippen molar-refractivity contribution >= 4 is 12.1 Å². The Kier molecular flexibility index (Phi) is 2.69. The zero-order chi connectivity index (χ0) is 14.9. The fourth-order valence-electron chi connectivity index (χ4n) is 6.84. The van der Waals surface area contributed by atoms with Gasteiger partial charge in [0.1, 0.15) is 11.7 Å². The van der Waals surface area contributed by atoms with Gasteiger partial charge in [0.05, 0.1) is 6.54 Å². The van der Waals surface area contributed by atoms with E-state index >= 15 is 0 Å². The summed E-state index contributed by atoms with van der Waals surface area (Å²) in [6.45, 7) is 3.17. The van der Waals surface area contributed by atoms with Gasteiger partial charge in [-0.15, -0.1) is 0 Å². The molecule has 1 atom stereocenters. The number of nitrogens with zero attached hydrogens (tertiary/aromatic N) is 1. The lowest BCUT2D eigenvalue weighted by Gasteiger charge is -2.57. The van der Waals surface area contributed by atoms with E-state index in [2.05, 4.69) is 25.1 Å². The number of amides is 1. The maximum Gasteiger partial charge on any atom is 0.306 e. The Labute approximate surface area is 133 Å². The average molecular weight is 296 g/mol. The van der Waals surface area contributed by atoms with Crippen LogP contribution >= 0.6 is 0 Å². The quantitative estimate of drug-likeness (QED) is 0.598. The largest absolute Gasteiger partial charge is 0.306 e. The lowest BCUT2D eigenvalue weighted by Crippen LogP contribution is -2.65. The van der Waals surface area contributed by atoms with Crippen LogP contribution in [-0.2, 0) is 11.2 Å². The van der Waals surface area contributed by atoms with Crippen molar-refractivity contribution < 1.29 is 4.79 Å². The van der Waals surface area contributed by atoms with Crippen LogP contribution in [0.25, 0.3) is 0 Å². The molecule has 0 saturated heterocycles. The minimum atomic E-state index is 0.577. The van der Waals surface area contributed by atoms with Gasteiger partial charge in [-0.05, 0) is 56.4 Å². The van der Waals surface area contributed by atoms with Crippen LogP contribution in [0.15, 0.2) is 18.2 Å². The minimum Gasteiger partial charge on any atom is -0.233 e. The second-order valence-corrected chi connectivity index (χ2v) is 8.56. The number of fused-ring (bicyclic) bond motifs is 1. The van der Waals surface area contributed by atoms with E-state index in [4.69, 9.17) is 0 Å². The first-order chi connectivity index (χ1) is 10.7. The zero-order valence-electron chi connectivity index (χ0n) is 13.5. The van der Waals surface area contributed by atoms with Crippen LogP contribution in [0, 0.1) is 30.6 Å². The molecule has 0 aromatic heterocycles. The normalized spacial score (nSPS) is 45.0. The first-order valence-electron chi connectivity index (χ1n) is 9.13. The fourth-order valence-corrected chi connectivity index (χ4v) is 6.84. The van der Waals surface area contributed by atoms with Crippen molar-refractivity contribution in [3.8, 4) is 0 Å². The molecule has 0 spiro atoms. The van der Waals surface area contributed by atoms with E-state index in [1.165, 1.54) is 55.3 Å². The Morgan fingerprint density at radius 1 is 1.05 bits per heavy atom. The van der Waals surface area contributed by atoms with E-state index in [1.807, 2.05) is 0 Å². The lowest BCUT2D eigenvalue weighted by atomic mass is 9.53. The Balaban J connectivity index is 1.62. The first kappa shape index (κ1) is 13.3. The Morgan fingerprint density at radius 2 is 1.73 bits per heavy atom. The van der Waals surface area contributed by atoms with Gasteiger partial charge in [0.15, 0.2) is 0 Å². The predicted molar refractivity (Wildman–Crippen MR) is 88.4 cm³/mol. The van der Waals surface area contributed by atoms with E-state index in [9.17, 15) is 4.79 Å². The summed E-state index contributed by atoms with van der Waals surface area (Å²) in [5.41, 5.74) is 4.06. The van der Waals surface area contributed by atoms with Crippen molar-refractivity contribution in [2.75, 3.05) is 6.54 Å². The number of rotatable bonds is 2. The zero-order valence-corrected chi connectivity index (χ0v) is 13.5. The molecule has 5 aliphatic rings. The first-order valence-corrected chi connectivity index (χ1v) is 9.13. The molecule has 1 aromatic carbocycles. The SMILES string of the molecule is Cc1ccc2c(c1)[N+](C=O)(C1C3CC4CC(C3)CC1C4)CC2. The third kappa shape index (κ3) is 1.62. The highest BCUT2D eigenvalue weighted by Crippen LogP contribution is 2.58. The van der Waals surface area contributed by atoms with Crippen LogP contribution in [0.5, 0.6) is 0 Å². The molecule has 2 heteroatoms. The van der Waals surface area contributed by atoms with Crippen LogP contribution in [0.1, 0.15) is 43.2 Å². The Morgan fingerprint density at radius 3 is 2.36 bits per heavy atom. The molecular formula is C20H26NO+. The standard InChI is InChI=1S/C20H26NO/c1-13-2-3-16-4-5-21(12-22,19(16)6-13)20-17-8-14-7-15(10-17)11-18(20)9-14/h2-3,6,12,14-15,17-18,20H,4-5,7-11H2,1H3/q+1. The molecule has 1 aliphatic heterocycles. The second kappa shape index (κ2) is 4.44.